The van der Waals surface area contributed by atoms with Gasteiger partial charge in [-0.2, -0.15) is 0 Å². The highest BCUT2D eigenvalue weighted by Gasteiger charge is 2.05. The van der Waals surface area contributed by atoms with Crippen LogP contribution >= 0.6 is 0 Å². The molecule has 0 rings (SSSR count). The number of aliphatic hydroxyl groups is 2. The van der Waals surface area contributed by atoms with Crippen molar-refractivity contribution in [3.63, 3.8) is 0 Å². The van der Waals surface area contributed by atoms with E-state index in [4.69, 9.17) is 9.84 Å². The van der Waals surface area contributed by atoms with E-state index in [1.807, 2.05) is 0 Å². The van der Waals surface area contributed by atoms with Crippen LogP contribution in [0.4, 0.5) is 0 Å². The third-order valence-corrected chi connectivity index (χ3v) is 4.81. The van der Waals surface area contributed by atoms with Gasteiger partial charge in [0.15, 0.2) is 0 Å². The minimum absolute atomic E-state index is 0.315. The summed E-state index contributed by atoms with van der Waals surface area (Å²) < 4.78 is 5.23. The first-order valence-corrected chi connectivity index (χ1v) is 11.1. The van der Waals surface area contributed by atoms with Crippen molar-refractivity contribution in [1.29, 1.82) is 0 Å². The van der Waals surface area contributed by atoms with Crippen LogP contribution in [0.3, 0.4) is 0 Å². The van der Waals surface area contributed by atoms with E-state index in [-0.39, 0.29) is 6.10 Å². The zero-order valence-corrected chi connectivity index (χ0v) is 17.2. The summed E-state index contributed by atoms with van der Waals surface area (Å²) >= 11 is 0. The summed E-state index contributed by atoms with van der Waals surface area (Å²) in [6.07, 6.45) is 20.5. The van der Waals surface area contributed by atoms with Crippen LogP contribution in [0.15, 0.2) is 0 Å². The highest BCUT2D eigenvalue weighted by Crippen LogP contribution is 2.14. The Balaban J connectivity index is 3.09. The van der Waals surface area contributed by atoms with E-state index < -0.39 is 6.10 Å². The quantitative estimate of drug-likeness (QED) is 0.262. The van der Waals surface area contributed by atoms with Gasteiger partial charge in [0.05, 0.1) is 25.4 Å². The first kappa shape index (κ1) is 24.9. The van der Waals surface area contributed by atoms with E-state index in [1.165, 1.54) is 89.9 Å². The molecule has 2 unspecified atom stereocenters. The molecule has 0 heterocycles. The van der Waals surface area contributed by atoms with E-state index in [2.05, 4.69) is 6.92 Å². The van der Waals surface area contributed by atoms with Gasteiger partial charge in [-0.15, -0.1) is 0 Å². The topological polar surface area (TPSA) is 49.7 Å². The summed E-state index contributed by atoms with van der Waals surface area (Å²) in [6, 6.07) is 0. The minimum Gasteiger partial charge on any atom is -0.391 e. The number of unbranched alkanes of at least 4 members (excludes halogenated alkanes) is 14. The highest BCUT2D eigenvalue weighted by molar-refractivity contribution is 4.56. The van der Waals surface area contributed by atoms with E-state index in [1.54, 1.807) is 6.92 Å². The number of rotatable bonds is 20. The van der Waals surface area contributed by atoms with Gasteiger partial charge in [0, 0.05) is 0 Å². The van der Waals surface area contributed by atoms with Gasteiger partial charge in [-0.05, 0) is 13.3 Å². The third kappa shape index (κ3) is 21.8. The number of hydrogen-bond acceptors (Lipinski definition) is 3. The van der Waals surface area contributed by atoms with Crippen molar-refractivity contribution in [3.05, 3.63) is 0 Å². The average Bonchev–Trinajstić information content (AvgIpc) is 2.58. The largest absolute Gasteiger partial charge is 0.391 e. The lowest BCUT2D eigenvalue weighted by Gasteiger charge is -2.12. The molecule has 0 amide bonds. The predicted octanol–water partition coefficient (Wildman–Crippen LogP) is 6.01. The summed E-state index contributed by atoms with van der Waals surface area (Å²) in [4.78, 5) is 0. The smallest absolute Gasteiger partial charge is 0.0773 e. The fourth-order valence-electron chi connectivity index (χ4n) is 3.21. The van der Waals surface area contributed by atoms with Crippen LogP contribution in [0.2, 0.25) is 0 Å². The van der Waals surface area contributed by atoms with Crippen LogP contribution in [0, 0.1) is 0 Å². The molecule has 0 aromatic rings. The lowest BCUT2D eigenvalue weighted by Crippen LogP contribution is -2.19. The van der Waals surface area contributed by atoms with Crippen LogP contribution < -0.4 is 0 Å². The molecule has 0 aliphatic heterocycles. The Bertz CT molecular complexity index is 243. The fraction of sp³-hybridized carbons (Fsp3) is 1.00. The normalized spacial score (nSPS) is 13.9. The summed E-state index contributed by atoms with van der Waals surface area (Å²) in [5, 5.41) is 18.8. The molecule has 152 valence electrons. The van der Waals surface area contributed by atoms with Gasteiger partial charge in [-0.1, -0.05) is 103 Å². The molecule has 0 radical (unpaired) electrons. The van der Waals surface area contributed by atoms with Crippen molar-refractivity contribution in [2.45, 2.75) is 129 Å². The molecule has 0 saturated heterocycles. The standard InChI is InChI=1S/C22H46O3/c1-3-4-5-6-7-8-9-10-11-12-13-14-15-16-17-18-22(24)20-25-19-21(2)23/h21-24H,3-20H2,1-2H3. The molecule has 3 nitrogen and oxygen atoms in total. The molecular weight excluding hydrogens is 312 g/mol. The summed E-state index contributed by atoms with van der Waals surface area (Å²) in [6.45, 7) is 4.64. The molecule has 2 N–H and O–H groups in total. The first-order chi connectivity index (χ1) is 12.2. The maximum Gasteiger partial charge on any atom is 0.0773 e. The van der Waals surface area contributed by atoms with E-state index >= 15 is 0 Å². The Morgan fingerprint density at radius 3 is 1.40 bits per heavy atom. The summed E-state index contributed by atoms with van der Waals surface area (Å²) in [7, 11) is 0. The average molecular weight is 359 g/mol. The molecule has 0 saturated carbocycles. The maximum absolute atomic E-state index is 9.76. The monoisotopic (exact) mass is 358 g/mol. The van der Waals surface area contributed by atoms with Crippen molar-refractivity contribution in [2.75, 3.05) is 13.2 Å². The first-order valence-electron chi connectivity index (χ1n) is 11.1. The molecule has 0 aromatic carbocycles. The number of aliphatic hydroxyl groups excluding tert-OH is 2. The Hall–Kier alpha value is -0.120. The van der Waals surface area contributed by atoms with E-state index in [0.29, 0.717) is 13.2 Å². The van der Waals surface area contributed by atoms with Gasteiger partial charge in [0.2, 0.25) is 0 Å². The molecule has 0 aromatic heterocycles. The molecule has 2 atom stereocenters. The molecule has 0 aliphatic carbocycles. The molecule has 0 bridgehead atoms. The van der Waals surface area contributed by atoms with Gasteiger partial charge in [0.25, 0.3) is 0 Å². The molecule has 3 heteroatoms. The van der Waals surface area contributed by atoms with Crippen LogP contribution in [0.25, 0.3) is 0 Å². The number of hydrogen-bond donors (Lipinski definition) is 2. The maximum atomic E-state index is 9.76. The van der Waals surface area contributed by atoms with Crippen LogP contribution in [-0.2, 0) is 4.74 Å². The van der Waals surface area contributed by atoms with E-state index in [0.717, 1.165) is 12.8 Å². The van der Waals surface area contributed by atoms with Crippen molar-refractivity contribution in [2.24, 2.45) is 0 Å². The van der Waals surface area contributed by atoms with E-state index in [9.17, 15) is 5.11 Å². The van der Waals surface area contributed by atoms with Gasteiger partial charge in [0.1, 0.15) is 0 Å². The lowest BCUT2D eigenvalue weighted by molar-refractivity contribution is -0.00504. The SMILES string of the molecule is CCCCCCCCCCCCCCCCCC(O)COCC(C)O. The Morgan fingerprint density at radius 2 is 1.00 bits per heavy atom. The molecule has 0 aliphatic rings. The number of ether oxygens (including phenoxy) is 1. The third-order valence-electron chi connectivity index (χ3n) is 4.81. The van der Waals surface area contributed by atoms with Crippen LogP contribution in [0.5, 0.6) is 0 Å². The van der Waals surface area contributed by atoms with Gasteiger partial charge < -0.3 is 14.9 Å². The van der Waals surface area contributed by atoms with Crippen LogP contribution in [0.1, 0.15) is 117 Å². The molecule has 0 fully saturated rings. The second kappa shape index (κ2) is 20.2. The van der Waals surface area contributed by atoms with Gasteiger partial charge in [-0.3, -0.25) is 0 Å². The lowest BCUT2D eigenvalue weighted by atomic mass is 10.0. The van der Waals surface area contributed by atoms with Crippen molar-refractivity contribution in [1.82, 2.24) is 0 Å². The Kier molecular flexibility index (Phi) is 20.1. The highest BCUT2D eigenvalue weighted by atomic mass is 16.5. The zero-order valence-electron chi connectivity index (χ0n) is 17.2. The zero-order chi connectivity index (χ0) is 18.6. The summed E-state index contributed by atoms with van der Waals surface area (Å²) in [5.74, 6) is 0. The fourth-order valence-corrected chi connectivity index (χ4v) is 3.21. The second-order valence-electron chi connectivity index (χ2n) is 7.78. The second-order valence-corrected chi connectivity index (χ2v) is 7.78. The van der Waals surface area contributed by atoms with Gasteiger partial charge >= 0.3 is 0 Å². The van der Waals surface area contributed by atoms with Crippen molar-refractivity contribution < 1.29 is 14.9 Å². The van der Waals surface area contributed by atoms with Crippen molar-refractivity contribution in [3.8, 4) is 0 Å². The molecule has 25 heavy (non-hydrogen) atoms. The van der Waals surface area contributed by atoms with Crippen molar-refractivity contribution >= 4 is 0 Å². The minimum atomic E-state index is -0.446. The Labute approximate surface area is 157 Å². The Morgan fingerprint density at radius 1 is 0.600 bits per heavy atom. The predicted molar refractivity (Wildman–Crippen MR) is 108 cm³/mol. The van der Waals surface area contributed by atoms with Gasteiger partial charge in [-0.25, -0.2) is 0 Å². The van der Waals surface area contributed by atoms with Crippen LogP contribution in [-0.4, -0.2) is 35.6 Å². The molecular formula is C22H46O3. The summed E-state index contributed by atoms with van der Waals surface area (Å²) in [5.41, 5.74) is 0. The molecule has 0 spiro atoms.